The molecule has 2 bridgehead atoms. The number of amides is 1. The minimum absolute atomic E-state index is 0.210. The van der Waals surface area contributed by atoms with Gasteiger partial charge in [-0.25, -0.2) is 0 Å². The van der Waals surface area contributed by atoms with Gasteiger partial charge < -0.3 is 14.8 Å². The molecule has 3 aliphatic heterocycles. The summed E-state index contributed by atoms with van der Waals surface area (Å²) in [6, 6.07) is 1.01. The Bertz CT molecular complexity index is 542. The van der Waals surface area contributed by atoms with Crippen LogP contribution in [0.25, 0.3) is 0 Å². The molecule has 4 heterocycles. The van der Waals surface area contributed by atoms with Crippen molar-refractivity contribution >= 4 is 5.91 Å². The molecule has 0 radical (unpaired) electrons. The maximum absolute atomic E-state index is 12.8. The van der Waals surface area contributed by atoms with Crippen LogP contribution in [-0.4, -0.2) is 50.7 Å². The van der Waals surface area contributed by atoms with Gasteiger partial charge in [0.1, 0.15) is 12.2 Å². The highest BCUT2D eigenvalue weighted by Crippen LogP contribution is 2.35. The van der Waals surface area contributed by atoms with Gasteiger partial charge >= 0.3 is 0 Å². The van der Waals surface area contributed by atoms with E-state index in [9.17, 15) is 4.79 Å². The number of carbonyl (C=O) groups is 1. The smallest absolute Gasteiger partial charge is 0.227 e. The molecule has 0 saturated carbocycles. The topological polar surface area (TPSA) is 63.1 Å². The van der Waals surface area contributed by atoms with Crippen LogP contribution < -0.4 is 5.32 Å². The fraction of sp³-hybridized carbons (Fsp3) is 0.800. The van der Waals surface area contributed by atoms with Gasteiger partial charge in [0.2, 0.25) is 5.91 Å². The predicted octanol–water partition coefficient (Wildman–Crippen LogP) is 0.662. The molecule has 6 heteroatoms. The van der Waals surface area contributed by atoms with Gasteiger partial charge in [-0.1, -0.05) is 0 Å². The molecule has 1 amide bonds. The Morgan fingerprint density at radius 2 is 2.29 bits per heavy atom. The van der Waals surface area contributed by atoms with Crippen LogP contribution in [-0.2, 0) is 11.8 Å². The zero-order valence-corrected chi connectivity index (χ0v) is 12.5. The molecular weight excluding hydrogens is 266 g/mol. The Labute approximate surface area is 124 Å². The lowest BCUT2D eigenvalue weighted by Gasteiger charge is -2.35. The molecule has 4 atom stereocenters. The third kappa shape index (κ3) is 2.25. The number of hydrogen-bond donors (Lipinski definition) is 1. The van der Waals surface area contributed by atoms with Crippen molar-refractivity contribution in [2.24, 2.45) is 13.0 Å². The molecule has 6 nitrogen and oxygen atoms in total. The highest BCUT2D eigenvalue weighted by molar-refractivity contribution is 5.80. The van der Waals surface area contributed by atoms with E-state index in [2.05, 4.69) is 20.4 Å². The van der Waals surface area contributed by atoms with Crippen LogP contribution in [0.15, 0.2) is 6.33 Å². The highest BCUT2D eigenvalue weighted by Gasteiger charge is 2.44. The molecule has 1 N–H and O–H groups in total. The van der Waals surface area contributed by atoms with Crippen molar-refractivity contribution in [3.8, 4) is 0 Å². The Morgan fingerprint density at radius 1 is 1.38 bits per heavy atom. The summed E-state index contributed by atoms with van der Waals surface area (Å²) in [4.78, 5) is 14.9. The fourth-order valence-electron chi connectivity index (χ4n) is 4.38. The number of rotatable bonds is 2. The number of carbonyl (C=O) groups excluding carboxylic acids is 1. The first-order valence-electron chi connectivity index (χ1n) is 8.11. The van der Waals surface area contributed by atoms with E-state index in [0.29, 0.717) is 23.9 Å². The summed E-state index contributed by atoms with van der Waals surface area (Å²) in [5, 5.41) is 11.8. The SMILES string of the molecule is Cn1cnnc1C1CCCN(C(=O)C2CC3CCC2N3)C1. The molecule has 0 spiro atoms. The molecule has 1 aromatic heterocycles. The summed E-state index contributed by atoms with van der Waals surface area (Å²) in [6.07, 6.45) is 7.37. The third-order valence-corrected chi connectivity index (χ3v) is 5.46. The van der Waals surface area contributed by atoms with Crippen LogP contribution in [0.3, 0.4) is 0 Å². The molecule has 3 aliphatic rings. The fourth-order valence-corrected chi connectivity index (χ4v) is 4.38. The summed E-state index contributed by atoms with van der Waals surface area (Å²) in [5.41, 5.74) is 0. The molecule has 1 aromatic rings. The highest BCUT2D eigenvalue weighted by atomic mass is 16.2. The molecule has 4 rings (SSSR count). The Kier molecular flexibility index (Phi) is 3.21. The van der Waals surface area contributed by atoms with Gasteiger partial charge in [0, 0.05) is 38.1 Å². The van der Waals surface area contributed by atoms with Crippen LogP contribution >= 0.6 is 0 Å². The number of piperidine rings is 1. The van der Waals surface area contributed by atoms with Gasteiger partial charge in [0.15, 0.2) is 0 Å². The van der Waals surface area contributed by atoms with E-state index < -0.39 is 0 Å². The monoisotopic (exact) mass is 289 g/mol. The van der Waals surface area contributed by atoms with Crippen molar-refractivity contribution < 1.29 is 4.79 Å². The minimum atomic E-state index is 0.210. The van der Waals surface area contributed by atoms with E-state index in [1.165, 1.54) is 12.8 Å². The van der Waals surface area contributed by atoms with Crippen LogP contribution in [0.4, 0.5) is 0 Å². The average molecular weight is 289 g/mol. The standard InChI is InChI=1S/C15H23N5O/c1-19-9-16-18-14(19)10-3-2-6-20(8-10)15(21)12-7-11-4-5-13(12)17-11/h9-13,17H,2-8H2,1H3. The van der Waals surface area contributed by atoms with E-state index in [4.69, 9.17) is 0 Å². The quantitative estimate of drug-likeness (QED) is 0.869. The number of aromatic nitrogens is 3. The number of likely N-dealkylation sites (tertiary alicyclic amines) is 1. The number of fused-ring (bicyclic) bond motifs is 2. The summed E-state index contributed by atoms with van der Waals surface area (Å²) >= 11 is 0. The van der Waals surface area contributed by atoms with Gasteiger partial charge in [-0.05, 0) is 32.1 Å². The lowest BCUT2D eigenvalue weighted by atomic mass is 9.87. The first-order chi connectivity index (χ1) is 10.2. The minimum Gasteiger partial charge on any atom is -0.342 e. The van der Waals surface area contributed by atoms with E-state index in [1.807, 2.05) is 11.6 Å². The zero-order chi connectivity index (χ0) is 14.4. The van der Waals surface area contributed by atoms with Gasteiger partial charge in [0.25, 0.3) is 0 Å². The van der Waals surface area contributed by atoms with Gasteiger partial charge in [-0.15, -0.1) is 10.2 Å². The van der Waals surface area contributed by atoms with Gasteiger partial charge in [0.05, 0.1) is 5.92 Å². The van der Waals surface area contributed by atoms with Crippen LogP contribution in [0.2, 0.25) is 0 Å². The summed E-state index contributed by atoms with van der Waals surface area (Å²) in [7, 11) is 1.98. The summed E-state index contributed by atoms with van der Waals surface area (Å²) in [6.45, 7) is 1.71. The van der Waals surface area contributed by atoms with Crippen molar-refractivity contribution in [1.29, 1.82) is 0 Å². The molecular formula is C15H23N5O. The Hall–Kier alpha value is -1.43. The number of nitrogens with one attached hydrogen (secondary N) is 1. The van der Waals surface area contributed by atoms with Crippen molar-refractivity contribution in [2.75, 3.05) is 13.1 Å². The second-order valence-corrected chi connectivity index (χ2v) is 6.81. The summed E-state index contributed by atoms with van der Waals surface area (Å²) in [5.74, 6) is 1.92. The Balaban J connectivity index is 1.46. The molecule has 3 saturated heterocycles. The Morgan fingerprint density at radius 3 is 2.95 bits per heavy atom. The summed E-state index contributed by atoms with van der Waals surface area (Å²) < 4.78 is 1.98. The first kappa shape index (κ1) is 13.2. The van der Waals surface area contributed by atoms with E-state index in [-0.39, 0.29) is 5.92 Å². The molecule has 4 unspecified atom stereocenters. The van der Waals surface area contributed by atoms with Crippen molar-refractivity contribution in [1.82, 2.24) is 25.0 Å². The number of hydrogen-bond acceptors (Lipinski definition) is 4. The molecule has 114 valence electrons. The van der Waals surface area contributed by atoms with Crippen molar-refractivity contribution in [2.45, 2.75) is 50.1 Å². The largest absolute Gasteiger partial charge is 0.342 e. The van der Waals surface area contributed by atoms with Crippen LogP contribution in [0.5, 0.6) is 0 Å². The molecule has 0 aromatic carbocycles. The normalized spacial score (nSPS) is 35.4. The zero-order valence-electron chi connectivity index (χ0n) is 12.5. The first-order valence-corrected chi connectivity index (χ1v) is 8.11. The molecule has 0 aliphatic carbocycles. The average Bonchev–Trinajstić information content (AvgIpc) is 3.22. The van der Waals surface area contributed by atoms with Gasteiger partial charge in [-0.2, -0.15) is 0 Å². The molecule has 3 fully saturated rings. The van der Waals surface area contributed by atoms with E-state index >= 15 is 0 Å². The van der Waals surface area contributed by atoms with Crippen LogP contribution in [0.1, 0.15) is 43.8 Å². The lowest BCUT2D eigenvalue weighted by Crippen LogP contribution is -2.45. The second kappa shape index (κ2) is 5.09. The molecule has 21 heavy (non-hydrogen) atoms. The lowest BCUT2D eigenvalue weighted by molar-refractivity contribution is -0.137. The van der Waals surface area contributed by atoms with Gasteiger partial charge in [-0.3, -0.25) is 4.79 Å². The third-order valence-electron chi connectivity index (χ3n) is 5.46. The van der Waals surface area contributed by atoms with Crippen molar-refractivity contribution in [3.63, 3.8) is 0 Å². The second-order valence-electron chi connectivity index (χ2n) is 6.81. The van der Waals surface area contributed by atoms with Crippen molar-refractivity contribution in [3.05, 3.63) is 12.2 Å². The maximum Gasteiger partial charge on any atom is 0.227 e. The maximum atomic E-state index is 12.8. The van der Waals surface area contributed by atoms with E-state index in [0.717, 1.165) is 38.2 Å². The predicted molar refractivity (Wildman–Crippen MR) is 77.6 cm³/mol. The van der Waals surface area contributed by atoms with E-state index in [1.54, 1.807) is 6.33 Å². The number of aryl methyl sites for hydroxylation is 1. The number of nitrogens with zero attached hydrogens (tertiary/aromatic N) is 4. The van der Waals surface area contributed by atoms with Crippen LogP contribution in [0, 0.1) is 5.92 Å².